The quantitative estimate of drug-likeness (QED) is 0.876. The molecule has 1 heterocycles. The number of H-pyrrole nitrogens is 1. The molecule has 0 aromatic carbocycles. The summed E-state index contributed by atoms with van der Waals surface area (Å²) in [6, 6.07) is 0.225. The number of aliphatic hydroxyl groups excluding tert-OH is 1. The second-order valence-electron chi connectivity index (χ2n) is 6.29. The van der Waals surface area contributed by atoms with Crippen molar-refractivity contribution in [3.63, 3.8) is 0 Å². The lowest BCUT2D eigenvalue weighted by molar-refractivity contribution is 0.0150. The number of hydrogen-bond acceptors (Lipinski definition) is 3. The summed E-state index contributed by atoms with van der Waals surface area (Å²) in [6.45, 7) is 7.56. The Bertz CT molecular complexity index is 524. The number of aryl methyl sites for hydroxylation is 1. The van der Waals surface area contributed by atoms with Crippen LogP contribution >= 0.6 is 0 Å². The fourth-order valence-electron chi connectivity index (χ4n) is 3.34. The second-order valence-corrected chi connectivity index (χ2v) is 6.29. The summed E-state index contributed by atoms with van der Waals surface area (Å²) in [7, 11) is 0. The molecule has 118 valence electrons. The van der Waals surface area contributed by atoms with Crippen molar-refractivity contribution in [2.24, 2.45) is 0 Å². The average Bonchev–Trinajstić information content (AvgIpc) is 2.48. The molecule has 1 fully saturated rings. The molecule has 1 aromatic rings. The maximum absolute atomic E-state index is 12.1. The molecule has 0 spiro atoms. The van der Waals surface area contributed by atoms with Crippen LogP contribution in [0.1, 0.15) is 55.8 Å². The van der Waals surface area contributed by atoms with Gasteiger partial charge in [0.05, 0.1) is 6.10 Å². The van der Waals surface area contributed by atoms with E-state index in [1.807, 2.05) is 13.8 Å². The van der Waals surface area contributed by atoms with Crippen molar-refractivity contribution in [1.29, 1.82) is 0 Å². The van der Waals surface area contributed by atoms with Gasteiger partial charge in [-0.2, -0.15) is 0 Å². The fraction of sp³-hybridized carbons (Fsp3) is 0.706. The van der Waals surface area contributed by atoms with E-state index in [2.05, 4.69) is 16.8 Å². The van der Waals surface area contributed by atoms with Crippen LogP contribution in [0.3, 0.4) is 0 Å². The molecule has 2 rings (SSSR count). The van der Waals surface area contributed by atoms with Gasteiger partial charge in [0.15, 0.2) is 5.43 Å². The standard InChI is InChI=1S/C17H28N2O2/c1-4-9-19(15-7-5-6-8-16(15)20)11-14-13(3)17(21)12(2)10-18-14/h10,15-16,20H,4-9,11H2,1-3H3,(H,18,21)/t15-,16-/m0/s1. The van der Waals surface area contributed by atoms with Crippen molar-refractivity contribution in [1.82, 2.24) is 9.88 Å². The van der Waals surface area contributed by atoms with E-state index in [0.29, 0.717) is 0 Å². The second kappa shape index (κ2) is 7.23. The Morgan fingerprint density at radius 1 is 1.33 bits per heavy atom. The molecule has 2 atom stereocenters. The maximum Gasteiger partial charge on any atom is 0.187 e. The molecule has 0 unspecified atom stereocenters. The molecule has 1 aromatic heterocycles. The Kier molecular flexibility index (Phi) is 5.59. The van der Waals surface area contributed by atoms with Crippen LogP contribution in [0.15, 0.2) is 11.0 Å². The minimum absolute atomic E-state index is 0.129. The first-order valence-corrected chi connectivity index (χ1v) is 8.14. The van der Waals surface area contributed by atoms with Crippen LogP contribution < -0.4 is 5.43 Å². The van der Waals surface area contributed by atoms with Crippen LogP contribution in [0, 0.1) is 13.8 Å². The van der Waals surface area contributed by atoms with E-state index >= 15 is 0 Å². The molecule has 2 N–H and O–H groups in total. The molecule has 0 saturated heterocycles. The van der Waals surface area contributed by atoms with Gasteiger partial charge in [-0.15, -0.1) is 0 Å². The Balaban J connectivity index is 2.20. The van der Waals surface area contributed by atoms with Gasteiger partial charge in [-0.3, -0.25) is 9.69 Å². The molecule has 0 amide bonds. The first-order valence-electron chi connectivity index (χ1n) is 8.14. The summed E-state index contributed by atoms with van der Waals surface area (Å²) in [5.41, 5.74) is 2.68. The molecular formula is C17H28N2O2. The highest BCUT2D eigenvalue weighted by molar-refractivity contribution is 5.23. The van der Waals surface area contributed by atoms with E-state index in [-0.39, 0.29) is 17.6 Å². The lowest BCUT2D eigenvalue weighted by Gasteiger charge is -2.37. The summed E-state index contributed by atoms with van der Waals surface area (Å²) in [4.78, 5) is 17.7. The highest BCUT2D eigenvalue weighted by atomic mass is 16.3. The third-order valence-electron chi connectivity index (χ3n) is 4.65. The molecule has 21 heavy (non-hydrogen) atoms. The van der Waals surface area contributed by atoms with Gasteiger partial charge in [0, 0.05) is 35.6 Å². The number of nitrogens with zero attached hydrogens (tertiary/aromatic N) is 1. The summed E-state index contributed by atoms with van der Waals surface area (Å²) in [5.74, 6) is 0. The fourth-order valence-corrected chi connectivity index (χ4v) is 3.34. The number of hydrogen-bond donors (Lipinski definition) is 2. The molecule has 1 aliphatic carbocycles. The normalized spacial score (nSPS) is 22.7. The van der Waals surface area contributed by atoms with Gasteiger partial charge in [0.2, 0.25) is 0 Å². The lowest BCUT2D eigenvalue weighted by atomic mass is 9.91. The Labute approximate surface area is 127 Å². The first kappa shape index (κ1) is 16.2. The van der Waals surface area contributed by atoms with Crippen molar-refractivity contribution in [2.45, 2.75) is 71.6 Å². The average molecular weight is 292 g/mol. The lowest BCUT2D eigenvalue weighted by Crippen LogP contribution is -2.45. The summed E-state index contributed by atoms with van der Waals surface area (Å²) < 4.78 is 0. The third kappa shape index (κ3) is 3.74. The number of aliphatic hydroxyl groups is 1. The number of aromatic amines is 1. The molecule has 0 bridgehead atoms. The zero-order chi connectivity index (χ0) is 15.4. The van der Waals surface area contributed by atoms with Gasteiger partial charge < -0.3 is 10.1 Å². The molecule has 0 aliphatic heterocycles. The summed E-state index contributed by atoms with van der Waals surface area (Å²) >= 11 is 0. The highest BCUT2D eigenvalue weighted by Crippen LogP contribution is 2.24. The van der Waals surface area contributed by atoms with Crippen LogP contribution in [0.2, 0.25) is 0 Å². The van der Waals surface area contributed by atoms with Gasteiger partial charge in [-0.25, -0.2) is 0 Å². The number of pyridine rings is 1. The SMILES string of the molecule is CCCN(Cc1[nH]cc(C)c(=O)c1C)[C@H]1CCCC[C@@H]1O. The largest absolute Gasteiger partial charge is 0.391 e. The van der Waals surface area contributed by atoms with Crippen LogP contribution in [0.4, 0.5) is 0 Å². The first-order chi connectivity index (χ1) is 10.0. The van der Waals surface area contributed by atoms with Crippen molar-refractivity contribution < 1.29 is 5.11 Å². The van der Waals surface area contributed by atoms with Gasteiger partial charge in [0.25, 0.3) is 0 Å². The van der Waals surface area contributed by atoms with Crippen molar-refractivity contribution in [3.8, 4) is 0 Å². The highest BCUT2D eigenvalue weighted by Gasteiger charge is 2.28. The van der Waals surface area contributed by atoms with E-state index in [4.69, 9.17) is 0 Å². The summed E-state index contributed by atoms with van der Waals surface area (Å²) in [5, 5.41) is 10.3. The molecule has 1 aliphatic rings. The van der Waals surface area contributed by atoms with Gasteiger partial charge >= 0.3 is 0 Å². The summed E-state index contributed by atoms with van der Waals surface area (Å²) in [6.07, 6.45) is 6.88. The molecule has 1 saturated carbocycles. The zero-order valence-corrected chi connectivity index (χ0v) is 13.5. The van der Waals surface area contributed by atoms with Gasteiger partial charge in [-0.1, -0.05) is 19.8 Å². The van der Waals surface area contributed by atoms with E-state index in [1.165, 1.54) is 6.42 Å². The van der Waals surface area contributed by atoms with Crippen molar-refractivity contribution in [2.75, 3.05) is 6.54 Å². The van der Waals surface area contributed by atoms with E-state index < -0.39 is 0 Å². The Morgan fingerprint density at radius 2 is 2.05 bits per heavy atom. The zero-order valence-electron chi connectivity index (χ0n) is 13.5. The number of nitrogens with one attached hydrogen (secondary N) is 1. The van der Waals surface area contributed by atoms with Crippen LogP contribution in [-0.4, -0.2) is 33.7 Å². The van der Waals surface area contributed by atoms with E-state index in [0.717, 1.165) is 55.6 Å². The minimum Gasteiger partial charge on any atom is -0.391 e. The topological polar surface area (TPSA) is 56.3 Å². The molecular weight excluding hydrogens is 264 g/mol. The van der Waals surface area contributed by atoms with E-state index in [9.17, 15) is 9.90 Å². The van der Waals surface area contributed by atoms with Crippen LogP contribution in [-0.2, 0) is 6.54 Å². The smallest absolute Gasteiger partial charge is 0.187 e. The van der Waals surface area contributed by atoms with Crippen molar-refractivity contribution in [3.05, 3.63) is 33.2 Å². The van der Waals surface area contributed by atoms with Crippen molar-refractivity contribution >= 4 is 0 Å². The van der Waals surface area contributed by atoms with Gasteiger partial charge in [-0.05, 0) is 39.7 Å². The number of aromatic nitrogens is 1. The van der Waals surface area contributed by atoms with Crippen LogP contribution in [0.5, 0.6) is 0 Å². The Morgan fingerprint density at radius 3 is 2.71 bits per heavy atom. The maximum atomic E-state index is 12.1. The van der Waals surface area contributed by atoms with E-state index in [1.54, 1.807) is 6.20 Å². The predicted octanol–water partition coefficient (Wildman–Crippen LogP) is 2.51. The minimum atomic E-state index is -0.234. The third-order valence-corrected chi connectivity index (χ3v) is 4.65. The number of rotatable bonds is 5. The Hall–Kier alpha value is -1.13. The monoisotopic (exact) mass is 292 g/mol. The molecule has 0 radical (unpaired) electrons. The molecule has 4 heteroatoms. The molecule has 4 nitrogen and oxygen atoms in total. The van der Waals surface area contributed by atoms with Gasteiger partial charge in [0.1, 0.15) is 0 Å². The predicted molar refractivity (Wildman–Crippen MR) is 85.5 cm³/mol. The van der Waals surface area contributed by atoms with Crippen LogP contribution in [0.25, 0.3) is 0 Å².